The molecule has 0 aliphatic rings. The Bertz CT molecular complexity index is 1380. The van der Waals surface area contributed by atoms with Crippen molar-refractivity contribution in [2.75, 3.05) is 0 Å². The fourth-order valence-corrected chi connectivity index (χ4v) is 4.45. The van der Waals surface area contributed by atoms with Crippen LogP contribution in [0.25, 0.3) is 29.2 Å². The van der Waals surface area contributed by atoms with Crippen LogP contribution in [0.15, 0.2) is 72.8 Å². The molecule has 0 saturated carbocycles. The summed E-state index contributed by atoms with van der Waals surface area (Å²) < 4.78 is 29.9. The summed E-state index contributed by atoms with van der Waals surface area (Å²) in [5.41, 5.74) is 4.23. The second-order valence-electron chi connectivity index (χ2n) is 9.56. The van der Waals surface area contributed by atoms with Gasteiger partial charge in [-0.1, -0.05) is 102 Å². The Balaban J connectivity index is 0.00000115. The Labute approximate surface area is 214 Å². The van der Waals surface area contributed by atoms with Gasteiger partial charge in [0.2, 0.25) is 0 Å². The van der Waals surface area contributed by atoms with Crippen LogP contribution < -0.4 is 10.6 Å². The van der Waals surface area contributed by atoms with Crippen molar-refractivity contribution in [2.45, 2.75) is 72.1 Å². The number of aryl methyl sites for hydroxylation is 1. The Morgan fingerprint density at radius 1 is 0.861 bits per heavy atom. The van der Waals surface area contributed by atoms with Gasteiger partial charge in [0.05, 0.1) is 5.52 Å². The van der Waals surface area contributed by atoms with Gasteiger partial charge in [-0.05, 0) is 54.3 Å². The van der Waals surface area contributed by atoms with Gasteiger partial charge in [0.15, 0.2) is 0 Å². The molecule has 1 nitrogen and oxygen atoms in total. The molecule has 0 spiro atoms. The third-order valence-electron chi connectivity index (χ3n) is 6.21. The van der Waals surface area contributed by atoms with Crippen LogP contribution in [0.5, 0.6) is 0 Å². The average Bonchev–Trinajstić information content (AvgIpc) is 3.13. The van der Waals surface area contributed by atoms with E-state index in [1.54, 1.807) is 12.1 Å². The number of hydrogen-bond donors (Lipinski definition) is 0. The molecule has 0 amide bonds. The van der Waals surface area contributed by atoms with E-state index >= 15 is 0 Å². The first-order valence-electron chi connectivity index (χ1n) is 13.2. The number of alkyl halides is 2. The lowest BCUT2D eigenvalue weighted by Crippen LogP contribution is -2.26. The highest BCUT2D eigenvalue weighted by molar-refractivity contribution is 5.84. The molecule has 4 rings (SSSR count). The molecule has 0 atom stereocenters. The van der Waals surface area contributed by atoms with Crippen LogP contribution in [0.2, 0.25) is 0 Å². The summed E-state index contributed by atoms with van der Waals surface area (Å²) in [6.45, 7) is 11.8. The maximum atomic E-state index is 13.9. The van der Waals surface area contributed by atoms with Gasteiger partial charge in [-0.3, -0.25) is 0 Å². The normalized spacial score (nSPS) is 12.0. The van der Waals surface area contributed by atoms with Crippen LogP contribution in [0.1, 0.15) is 76.5 Å². The zero-order valence-corrected chi connectivity index (χ0v) is 22.2. The van der Waals surface area contributed by atoms with E-state index in [-0.39, 0.29) is 5.56 Å². The van der Waals surface area contributed by atoms with Gasteiger partial charge in [0.1, 0.15) is 0 Å². The van der Waals surface area contributed by atoms with Gasteiger partial charge in [0, 0.05) is 34.1 Å². The van der Waals surface area contributed by atoms with E-state index in [1.807, 2.05) is 24.3 Å². The van der Waals surface area contributed by atoms with Gasteiger partial charge in [0.25, 0.3) is 5.92 Å². The van der Waals surface area contributed by atoms with Crippen LogP contribution >= 0.6 is 0 Å². The number of nitrogens with zero attached hydrogens (tertiary/aromatic N) is 1. The lowest BCUT2D eigenvalue weighted by Gasteiger charge is -2.10. The van der Waals surface area contributed by atoms with Gasteiger partial charge in [-0.2, -0.15) is 0 Å². The average molecular weight is 488 g/mol. The summed E-state index contributed by atoms with van der Waals surface area (Å²) in [5, 5.41) is 2.87. The van der Waals surface area contributed by atoms with Crippen molar-refractivity contribution in [2.24, 2.45) is 0 Å². The number of fused-ring (bicyclic) bond motifs is 1. The van der Waals surface area contributed by atoms with Crippen molar-refractivity contribution < 1.29 is 8.78 Å². The molecule has 0 saturated heterocycles. The largest absolute Gasteiger partial charge is 0.310 e. The van der Waals surface area contributed by atoms with Crippen LogP contribution in [-0.2, 0) is 12.3 Å². The summed E-state index contributed by atoms with van der Waals surface area (Å²) in [4.78, 5) is 0. The molecule has 0 aliphatic carbocycles. The standard InChI is InChI=1S/C30H31F2N.C3H8/c1-4-5-6-7-12-23-13-11-16-26(20-23)33-22(2)28(27-17-8-9-18-29(27)33)21-24-14-10-15-25(19-24)30(3,31)32;1-3-2/h8-11,13-21H,2,4-7,12H2,1,3H3;3H2,1-2H3/b28-21-;. The summed E-state index contributed by atoms with van der Waals surface area (Å²) in [5.74, 6) is -2.87. The third-order valence-corrected chi connectivity index (χ3v) is 6.21. The predicted molar refractivity (Wildman–Crippen MR) is 151 cm³/mol. The molecule has 0 fully saturated rings. The van der Waals surface area contributed by atoms with E-state index < -0.39 is 5.92 Å². The number of unbranched alkanes of at least 4 members (excludes halogenated alkanes) is 3. The molecule has 1 heterocycles. The Hall–Kier alpha value is -3.20. The zero-order valence-electron chi connectivity index (χ0n) is 22.2. The molecule has 0 N–H and O–H groups in total. The maximum absolute atomic E-state index is 13.9. The third kappa shape index (κ3) is 6.72. The lowest BCUT2D eigenvalue weighted by molar-refractivity contribution is 0.0174. The Morgan fingerprint density at radius 3 is 2.31 bits per heavy atom. The molecule has 3 aromatic carbocycles. The van der Waals surface area contributed by atoms with E-state index in [2.05, 4.69) is 68.3 Å². The van der Waals surface area contributed by atoms with E-state index in [0.717, 1.165) is 46.1 Å². The lowest BCUT2D eigenvalue weighted by atomic mass is 10.1. The first kappa shape index (κ1) is 27.4. The summed E-state index contributed by atoms with van der Waals surface area (Å²) >= 11 is 0. The number of hydrogen-bond acceptors (Lipinski definition) is 0. The summed E-state index contributed by atoms with van der Waals surface area (Å²) in [6, 6.07) is 23.4. The molecule has 36 heavy (non-hydrogen) atoms. The molecule has 4 aromatic rings. The van der Waals surface area contributed by atoms with Crippen molar-refractivity contribution in [1.29, 1.82) is 0 Å². The Kier molecular flexibility index (Phi) is 9.64. The van der Waals surface area contributed by atoms with Gasteiger partial charge >= 0.3 is 0 Å². The minimum absolute atomic E-state index is 0.0152. The molecule has 0 radical (unpaired) electrons. The van der Waals surface area contributed by atoms with Crippen LogP contribution in [0.3, 0.4) is 0 Å². The van der Waals surface area contributed by atoms with Gasteiger partial charge in [-0.15, -0.1) is 0 Å². The molecular weight excluding hydrogens is 448 g/mol. The highest BCUT2D eigenvalue weighted by Crippen LogP contribution is 2.27. The van der Waals surface area contributed by atoms with E-state index in [0.29, 0.717) is 0 Å². The highest BCUT2D eigenvalue weighted by atomic mass is 19.3. The van der Waals surface area contributed by atoms with Crippen molar-refractivity contribution in [3.8, 4) is 5.69 Å². The molecule has 1 aromatic heterocycles. The topological polar surface area (TPSA) is 4.93 Å². The fourth-order valence-electron chi connectivity index (χ4n) is 4.45. The smallest absolute Gasteiger partial charge is 0.270 e. The SMILES string of the molecule is C=c1/c(=C/c2cccc(C(C)(F)F)c2)c2ccccc2n1-c1cccc(CCCCCC)c1.CCC. The van der Waals surface area contributed by atoms with Crippen LogP contribution in [0, 0.1) is 0 Å². The Morgan fingerprint density at radius 2 is 1.58 bits per heavy atom. The molecule has 0 bridgehead atoms. The first-order chi connectivity index (χ1) is 17.3. The second-order valence-corrected chi connectivity index (χ2v) is 9.56. The first-order valence-corrected chi connectivity index (χ1v) is 13.2. The fraction of sp³-hybridized carbons (Fsp3) is 0.333. The zero-order chi connectivity index (χ0) is 26.1. The minimum Gasteiger partial charge on any atom is -0.310 e. The molecular formula is C33H39F2N. The molecule has 0 unspecified atom stereocenters. The molecule has 0 aliphatic heterocycles. The highest BCUT2D eigenvalue weighted by Gasteiger charge is 2.23. The molecule has 3 heteroatoms. The van der Waals surface area contributed by atoms with Crippen molar-refractivity contribution in [3.63, 3.8) is 0 Å². The van der Waals surface area contributed by atoms with E-state index in [9.17, 15) is 8.78 Å². The van der Waals surface area contributed by atoms with E-state index in [4.69, 9.17) is 0 Å². The van der Waals surface area contributed by atoms with Crippen molar-refractivity contribution in [3.05, 3.63) is 100 Å². The van der Waals surface area contributed by atoms with E-state index in [1.165, 1.54) is 43.7 Å². The monoisotopic (exact) mass is 487 g/mol. The number of benzene rings is 3. The second kappa shape index (κ2) is 12.7. The number of rotatable bonds is 8. The van der Waals surface area contributed by atoms with Crippen LogP contribution in [-0.4, -0.2) is 4.57 Å². The van der Waals surface area contributed by atoms with Gasteiger partial charge < -0.3 is 4.57 Å². The van der Waals surface area contributed by atoms with Gasteiger partial charge in [-0.25, -0.2) is 8.78 Å². The number of halogens is 2. The summed E-state index contributed by atoms with van der Waals surface area (Å²) in [7, 11) is 0. The minimum atomic E-state index is -2.87. The van der Waals surface area contributed by atoms with Crippen molar-refractivity contribution in [1.82, 2.24) is 4.57 Å². The predicted octanol–water partition coefficient (Wildman–Crippen LogP) is 8.52. The van der Waals surface area contributed by atoms with Crippen LogP contribution in [0.4, 0.5) is 8.78 Å². The number of para-hydroxylation sites is 1. The van der Waals surface area contributed by atoms with Crippen molar-refractivity contribution >= 4 is 23.6 Å². The maximum Gasteiger partial charge on any atom is 0.270 e. The summed E-state index contributed by atoms with van der Waals surface area (Å²) in [6.07, 6.45) is 9.23. The molecule has 190 valence electrons. The number of aromatic nitrogens is 1. The quantitative estimate of drug-likeness (QED) is 0.220.